The van der Waals surface area contributed by atoms with Crippen LogP contribution in [0.5, 0.6) is 0 Å². The van der Waals surface area contributed by atoms with Gasteiger partial charge in [0.15, 0.2) is 0 Å². The summed E-state index contributed by atoms with van der Waals surface area (Å²) in [5, 5.41) is 12.3. The molecule has 0 bridgehead atoms. The molecule has 1 amide bonds. The van der Waals surface area contributed by atoms with Crippen molar-refractivity contribution in [2.24, 2.45) is 14.1 Å². The Hall–Kier alpha value is -2.15. The molecule has 1 N–H and O–H groups in total. The minimum Gasteiger partial charge on any atom is -0.369 e. The molecule has 0 saturated heterocycles. The third-order valence-electron chi connectivity index (χ3n) is 5.57. The predicted molar refractivity (Wildman–Crippen MR) is 96.9 cm³/mol. The van der Waals surface area contributed by atoms with E-state index in [0.717, 1.165) is 36.2 Å². The summed E-state index contributed by atoms with van der Waals surface area (Å²) in [6, 6.07) is 0. The average molecular weight is 357 g/mol. The Labute approximate surface area is 153 Å². The third-order valence-corrected chi connectivity index (χ3v) is 5.57. The minimum atomic E-state index is -0.0782. The van der Waals surface area contributed by atoms with Crippen LogP contribution in [0.25, 0.3) is 0 Å². The zero-order valence-corrected chi connectivity index (χ0v) is 16.0. The van der Waals surface area contributed by atoms with Gasteiger partial charge in [-0.15, -0.1) is 0 Å². The fourth-order valence-corrected chi connectivity index (χ4v) is 4.37. The second kappa shape index (κ2) is 6.54. The molecule has 1 aliphatic heterocycles. The number of hydrogen-bond acceptors (Lipinski definition) is 4. The Morgan fingerprint density at radius 1 is 1.15 bits per heavy atom. The van der Waals surface area contributed by atoms with Crippen LogP contribution in [0.4, 0.5) is 0 Å². The van der Waals surface area contributed by atoms with Crippen LogP contribution in [0.15, 0.2) is 0 Å². The molecule has 140 valence electrons. The van der Waals surface area contributed by atoms with Crippen LogP contribution < -0.4 is 5.32 Å². The van der Waals surface area contributed by atoms with Gasteiger partial charge in [0.1, 0.15) is 5.69 Å². The largest absolute Gasteiger partial charge is 0.369 e. The number of ether oxygens (including phenoxy) is 1. The molecular weight excluding hydrogens is 330 g/mol. The van der Waals surface area contributed by atoms with Crippen LogP contribution in [-0.2, 0) is 44.6 Å². The second-order valence-corrected chi connectivity index (χ2v) is 7.51. The van der Waals surface area contributed by atoms with E-state index in [9.17, 15) is 4.79 Å². The van der Waals surface area contributed by atoms with Gasteiger partial charge in [-0.3, -0.25) is 14.2 Å². The molecule has 0 radical (unpaired) electrons. The second-order valence-electron chi connectivity index (χ2n) is 7.51. The molecule has 2 aromatic heterocycles. The highest BCUT2D eigenvalue weighted by molar-refractivity contribution is 5.94. The molecule has 2 aliphatic rings. The van der Waals surface area contributed by atoms with E-state index in [1.807, 2.05) is 32.6 Å². The molecular formula is C19H27N5O2. The average Bonchev–Trinajstić information content (AvgIpc) is 3.09. The lowest BCUT2D eigenvalue weighted by Crippen LogP contribution is -2.29. The van der Waals surface area contributed by atoms with Crippen LogP contribution in [-0.4, -0.2) is 31.6 Å². The van der Waals surface area contributed by atoms with Crippen molar-refractivity contribution in [1.29, 1.82) is 0 Å². The SMILES string of the molecule is C[C@@H]1Cc2c(nn(C)c2C(=O)NCc2c3c(nn2C)CCCC3)[C@H](C)O1. The van der Waals surface area contributed by atoms with Crippen LogP contribution >= 0.6 is 0 Å². The van der Waals surface area contributed by atoms with Crippen LogP contribution in [0.3, 0.4) is 0 Å². The van der Waals surface area contributed by atoms with Crippen molar-refractivity contribution in [3.05, 3.63) is 33.9 Å². The molecule has 3 heterocycles. The fraction of sp³-hybridized carbons (Fsp3) is 0.632. The number of nitrogens with one attached hydrogen (secondary N) is 1. The molecule has 7 nitrogen and oxygen atoms in total. The summed E-state index contributed by atoms with van der Waals surface area (Å²) in [4.78, 5) is 12.9. The molecule has 2 aromatic rings. The maximum Gasteiger partial charge on any atom is 0.270 e. The summed E-state index contributed by atoms with van der Waals surface area (Å²) >= 11 is 0. The van der Waals surface area contributed by atoms with Crippen molar-refractivity contribution in [3.8, 4) is 0 Å². The van der Waals surface area contributed by atoms with Gasteiger partial charge in [-0.05, 0) is 45.1 Å². The maximum atomic E-state index is 12.9. The maximum absolute atomic E-state index is 12.9. The van der Waals surface area contributed by atoms with E-state index >= 15 is 0 Å². The number of aryl methyl sites for hydroxylation is 3. The molecule has 0 aromatic carbocycles. The number of amides is 1. The Morgan fingerprint density at radius 3 is 2.73 bits per heavy atom. The van der Waals surface area contributed by atoms with Crippen molar-refractivity contribution >= 4 is 5.91 Å². The number of fused-ring (bicyclic) bond motifs is 2. The Bertz CT molecular complexity index is 851. The van der Waals surface area contributed by atoms with Crippen molar-refractivity contribution in [2.45, 2.75) is 64.7 Å². The van der Waals surface area contributed by atoms with Gasteiger partial charge in [0.05, 0.1) is 35.8 Å². The lowest BCUT2D eigenvalue weighted by atomic mass is 9.96. The van der Waals surface area contributed by atoms with E-state index in [1.165, 1.54) is 24.1 Å². The predicted octanol–water partition coefficient (Wildman–Crippen LogP) is 1.98. The first-order valence-corrected chi connectivity index (χ1v) is 9.48. The zero-order chi connectivity index (χ0) is 18.4. The Balaban J connectivity index is 1.56. The third kappa shape index (κ3) is 2.84. The van der Waals surface area contributed by atoms with E-state index in [1.54, 1.807) is 4.68 Å². The topological polar surface area (TPSA) is 74.0 Å². The monoisotopic (exact) mass is 357 g/mol. The molecule has 0 fully saturated rings. The lowest BCUT2D eigenvalue weighted by Gasteiger charge is -2.24. The van der Waals surface area contributed by atoms with E-state index in [2.05, 4.69) is 15.5 Å². The van der Waals surface area contributed by atoms with Gasteiger partial charge >= 0.3 is 0 Å². The van der Waals surface area contributed by atoms with E-state index in [0.29, 0.717) is 12.2 Å². The van der Waals surface area contributed by atoms with Gasteiger partial charge in [0.2, 0.25) is 0 Å². The number of rotatable bonds is 3. The minimum absolute atomic E-state index is 0.0756. The standard InChI is InChI=1S/C19H27N5O2/c1-11-9-14-17(12(2)26-11)22-24(4)18(14)19(25)20-10-16-13-7-5-6-8-15(13)21-23(16)3/h11-12H,5-10H2,1-4H3,(H,20,25)/t11-,12+/m1/s1. The van der Waals surface area contributed by atoms with Crippen LogP contribution in [0.1, 0.15) is 71.5 Å². The van der Waals surface area contributed by atoms with Gasteiger partial charge in [-0.25, -0.2) is 0 Å². The number of carbonyl (C=O) groups excluding carboxylic acids is 1. The first kappa shape index (κ1) is 17.3. The molecule has 0 unspecified atom stereocenters. The first-order valence-electron chi connectivity index (χ1n) is 9.48. The van der Waals surface area contributed by atoms with Crippen molar-refractivity contribution < 1.29 is 9.53 Å². The Kier molecular flexibility index (Phi) is 4.34. The number of nitrogens with zero attached hydrogens (tertiary/aromatic N) is 4. The fourth-order valence-electron chi connectivity index (χ4n) is 4.37. The summed E-state index contributed by atoms with van der Waals surface area (Å²) < 4.78 is 9.45. The molecule has 2 atom stereocenters. The number of aromatic nitrogens is 4. The summed E-state index contributed by atoms with van der Waals surface area (Å²) in [5.41, 5.74) is 6.19. The summed E-state index contributed by atoms with van der Waals surface area (Å²) in [7, 11) is 3.79. The van der Waals surface area contributed by atoms with Gasteiger partial charge in [0.25, 0.3) is 5.91 Å². The highest BCUT2D eigenvalue weighted by Gasteiger charge is 2.31. The lowest BCUT2D eigenvalue weighted by molar-refractivity contribution is -0.00710. The highest BCUT2D eigenvalue weighted by Crippen LogP contribution is 2.31. The van der Waals surface area contributed by atoms with Crippen molar-refractivity contribution in [2.75, 3.05) is 0 Å². The molecule has 1 aliphatic carbocycles. The smallest absolute Gasteiger partial charge is 0.270 e. The molecule has 0 saturated carbocycles. The van der Waals surface area contributed by atoms with Gasteiger partial charge < -0.3 is 10.1 Å². The van der Waals surface area contributed by atoms with E-state index < -0.39 is 0 Å². The number of hydrogen-bond donors (Lipinski definition) is 1. The molecule has 0 spiro atoms. The normalized spacial score (nSPS) is 22.0. The van der Waals surface area contributed by atoms with Gasteiger partial charge in [0, 0.05) is 26.1 Å². The molecule has 4 rings (SSSR count). The van der Waals surface area contributed by atoms with Crippen LogP contribution in [0, 0.1) is 0 Å². The van der Waals surface area contributed by atoms with Crippen molar-refractivity contribution in [3.63, 3.8) is 0 Å². The van der Waals surface area contributed by atoms with Gasteiger partial charge in [-0.1, -0.05) is 0 Å². The summed E-state index contributed by atoms with van der Waals surface area (Å²) in [5.74, 6) is -0.0756. The summed E-state index contributed by atoms with van der Waals surface area (Å²) in [6.45, 7) is 4.53. The van der Waals surface area contributed by atoms with Crippen LogP contribution in [0.2, 0.25) is 0 Å². The zero-order valence-electron chi connectivity index (χ0n) is 16.0. The van der Waals surface area contributed by atoms with E-state index in [-0.39, 0.29) is 18.1 Å². The van der Waals surface area contributed by atoms with E-state index in [4.69, 9.17) is 4.74 Å². The molecule has 26 heavy (non-hydrogen) atoms. The molecule has 7 heteroatoms. The Morgan fingerprint density at radius 2 is 1.92 bits per heavy atom. The quantitative estimate of drug-likeness (QED) is 0.912. The van der Waals surface area contributed by atoms with Crippen molar-refractivity contribution in [1.82, 2.24) is 24.9 Å². The highest BCUT2D eigenvalue weighted by atomic mass is 16.5. The summed E-state index contributed by atoms with van der Waals surface area (Å²) in [6.07, 6.45) is 5.24. The number of carbonyl (C=O) groups is 1. The van der Waals surface area contributed by atoms with Gasteiger partial charge in [-0.2, -0.15) is 10.2 Å². The first-order chi connectivity index (χ1) is 12.5.